The first-order chi connectivity index (χ1) is 8.25. The maximum absolute atomic E-state index is 10.3. The van der Waals surface area contributed by atoms with Crippen LogP contribution in [0.15, 0.2) is 34.9 Å². The van der Waals surface area contributed by atoms with E-state index in [0.29, 0.717) is 5.92 Å². The average Bonchev–Trinajstić information content (AvgIpc) is 3.14. The van der Waals surface area contributed by atoms with Crippen LogP contribution in [0, 0.1) is 5.92 Å². The van der Waals surface area contributed by atoms with Crippen LogP contribution in [0.25, 0.3) is 10.9 Å². The highest BCUT2D eigenvalue weighted by Gasteiger charge is 2.26. The summed E-state index contributed by atoms with van der Waals surface area (Å²) in [5, 5.41) is 11.3. The van der Waals surface area contributed by atoms with Crippen molar-refractivity contribution in [2.75, 3.05) is 0 Å². The van der Waals surface area contributed by atoms with E-state index < -0.39 is 0 Å². The van der Waals surface area contributed by atoms with Crippen molar-refractivity contribution in [2.45, 2.75) is 25.4 Å². The highest BCUT2D eigenvalue weighted by atomic mass is 79.9. The SMILES string of the molecule is OC(CC1CC1)c1ccc(Br)c2cccnc12. The molecule has 1 N–H and O–H groups in total. The van der Waals surface area contributed by atoms with Crippen molar-refractivity contribution in [3.63, 3.8) is 0 Å². The minimum absolute atomic E-state index is 0.381. The van der Waals surface area contributed by atoms with Gasteiger partial charge in [-0.3, -0.25) is 4.98 Å². The minimum atomic E-state index is -0.381. The Morgan fingerprint density at radius 1 is 1.35 bits per heavy atom. The number of rotatable bonds is 3. The molecule has 1 aromatic carbocycles. The van der Waals surface area contributed by atoms with Gasteiger partial charge in [-0.25, -0.2) is 0 Å². The van der Waals surface area contributed by atoms with E-state index in [1.807, 2.05) is 24.3 Å². The molecular formula is C14H14BrNO. The number of nitrogens with zero attached hydrogens (tertiary/aromatic N) is 1. The molecule has 2 aromatic rings. The summed E-state index contributed by atoms with van der Waals surface area (Å²) in [6.07, 6.45) is 4.79. The highest BCUT2D eigenvalue weighted by Crippen LogP contribution is 2.39. The zero-order valence-corrected chi connectivity index (χ0v) is 11.0. The summed E-state index contributed by atoms with van der Waals surface area (Å²) in [4.78, 5) is 4.40. The summed E-state index contributed by atoms with van der Waals surface area (Å²) in [6, 6.07) is 7.92. The van der Waals surface area contributed by atoms with Crippen LogP contribution in [0.2, 0.25) is 0 Å². The molecule has 1 heterocycles. The molecule has 0 bridgehead atoms. The number of benzene rings is 1. The fraction of sp³-hybridized carbons (Fsp3) is 0.357. The monoisotopic (exact) mass is 291 g/mol. The Labute approximate surface area is 109 Å². The molecule has 0 spiro atoms. The molecule has 1 saturated carbocycles. The molecule has 3 rings (SSSR count). The van der Waals surface area contributed by atoms with E-state index in [4.69, 9.17) is 0 Å². The summed E-state index contributed by atoms with van der Waals surface area (Å²) in [6.45, 7) is 0. The van der Waals surface area contributed by atoms with Gasteiger partial charge < -0.3 is 5.11 Å². The van der Waals surface area contributed by atoms with Crippen LogP contribution in [-0.4, -0.2) is 10.1 Å². The summed E-state index contributed by atoms with van der Waals surface area (Å²) < 4.78 is 1.03. The van der Waals surface area contributed by atoms with Gasteiger partial charge in [-0.15, -0.1) is 0 Å². The second-order valence-electron chi connectivity index (χ2n) is 4.73. The van der Waals surface area contributed by atoms with Gasteiger partial charge in [0.2, 0.25) is 0 Å². The highest BCUT2D eigenvalue weighted by molar-refractivity contribution is 9.10. The minimum Gasteiger partial charge on any atom is -0.388 e. The third-order valence-corrected chi connectivity index (χ3v) is 4.05. The Bertz CT molecular complexity index is 551. The third-order valence-electron chi connectivity index (χ3n) is 3.36. The zero-order chi connectivity index (χ0) is 11.8. The largest absolute Gasteiger partial charge is 0.388 e. The van der Waals surface area contributed by atoms with Gasteiger partial charge in [-0.2, -0.15) is 0 Å². The fourth-order valence-electron chi connectivity index (χ4n) is 2.22. The molecule has 1 aliphatic carbocycles. The van der Waals surface area contributed by atoms with Crippen molar-refractivity contribution in [3.05, 3.63) is 40.5 Å². The van der Waals surface area contributed by atoms with Crippen LogP contribution in [0.5, 0.6) is 0 Å². The molecule has 2 nitrogen and oxygen atoms in total. The smallest absolute Gasteiger partial charge is 0.0813 e. The van der Waals surface area contributed by atoms with Gasteiger partial charge in [0.1, 0.15) is 0 Å². The first kappa shape index (κ1) is 11.2. The maximum atomic E-state index is 10.3. The number of fused-ring (bicyclic) bond motifs is 1. The Balaban J connectivity index is 2.05. The summed E-state index contributed by atoms with van der Waals surface area (Å²) in [7, 11) is 0. The molecule has 0 saturated heterocycles. The predicted octanol–water partition coefficient (Wildman–Crippen LogP) is 3.83. The van der Waals surface area contributed by atoms with Gasteiger partial charge in [0.15, 0.2) is 0 Å². The molecule has 0 amide bonds. The molecule has 1 fully saturated rings. The second-order valence-corrected chi connectivity index (χ2v) is 5.59. The molecule has 17 heavy (non-hydrogen) atoms. The fourth-order valence-corrected chi connectivity index (χ4v) is 2.68. The van der Waals surface area contributed by atoms with Crippen molar-refractivity contribution < 1.29 is 5.11 Å². The summed E-state index contributed by atoms with van der Waals surface area (Å²) >= 11 is 3.52. The van der Waals surface area contributed by atoms with Crippen molar-refractivity contribution in [3.8, 4) is 0 Å². The molecule has 1 atom stereocenters. The van der Waals surface area contributed by atoms with Gasteiger partial charge in [-0.05, 0) is 24.5 Å². The Morgan fingerprint density at radius 2 is 2.18 bits per heavy atom. The van der Waals surface area contributed by atoms with Crippen LogP contribution in [0.4, 0.5) is 0 Å². The topological polar surface area (TPSA) is 33.1 Å². The van der Waals surface area contributed by atoms with E-state index in [1.165, 1.54) is 12.8 Å². The Morgan fingerprint density at radius 3 is 2.94 bits per heavy atom. The van der Waals surface area contributed by atoms with E-state index in [1.54, 1.807) is 6.20 Å². The first-order valence-electron chi connectivity index (χ1n) is 5.97. The molecule has 88 valence electrons. The molecule has 0 aliphatic heterocycles. The lowest BCUT2D eigenvalue weighted by Gasteiger charge is -2.13. The Hall–Kier alpha value is -0.930. The number of aliphatic hydroxyl groups is 1. The van der Waals surface area contributed by atoms with Crippen molar-refractivity contribution in [1.82, 2.24) is 4.98 Å². The van der Waals surface area contributed by atoms with Gasteiger partial charge >= 0.3 is 0 Å². The maximum Gasteiger partial charge on any atom is 0.0813 e. The first-order valence-corrected chi connectivity index (χ1v) is 6.76. The third kappa shape index (κ3) is 2.22. The normalized spacial score (nSPS) is 17.3. The van der Waals surface area contributed by atoms with Crippen LogP contribution < -0.4 is 0 Å². The van der Waals surface area contributed by atoms with Crippen molar-refractivity contribution in [2.24, 2.45) is 5.92 Å². The standard InChI is InChI=1S/C14H14BrNO/c15-12-6-5-11(13(17)8-9-3-4-9)14-10(12)2-1-7-16-14/h1-2,5-7,9,13,17H,3-4,8H2. The second kappa shape index (κ2) is 4.39. The lowest BCUT2D eigenvalue weighted by molar-refractivity contribution is 0.161. The van der Waals surface area contributed by atoms with Crippen LogP contribution in [0.1, 0.15) is 30.9 Å². The quantitative estimate of drug-likeness (QED) is 0.932. The lowest BCUT2D eigenvalue weighted by Crippen LogP contribution is -2.00. The van der Waals surface area contributed by atoms with Crippen LogP contribution >= 0.6 is 15.9 Å². The Kier molecular flexibility index (Phi) is 2.89. The lowest BCUT2D eigenvalue weighted by atomic mass is 10.0. The number of aliphatic hydroxyl groups excluding tert-OH is 1. The summed E-state index contributed by atoms with van der Waals surface area (Å²) in [5.41, 5.74) is 1.87. The van der Waals surface area contributed by atoms with Crippen LogP contribution in [-0.2, 0) is 0 Å². The molecule has 1 aromatic heterocycles. The van der Waals surface area contributed by atoms with Gasteiger partial charge in [0.05, 0.1) is 11.6 Å². The van der Waals surface area contributed by atoms with E-state index in [9.17, 15) is 5.11 Å². The number of hydrogen-bond acceptors (Lipinski definition) is 2. The molecule has 0 radical (unpaired) electrons. The molecule has 1 aliphatic rings. The zero-order valence-electron chi connectivity index (χ0n) is 9.44. The predicted molar refractivity (Wildman–Crippen MR) is 71.7 cm³/mol. The number of halogens is 1. The average molecular weight is 292 g/mol. The number of hydrogen-bond donors (Lipinski definition) is 1. The van der Waals surface area contributed by atoms with E-state index in [2.05, 4.69) is 20.9 Å². The number of pyridine rings is 1. The molecular weight excluding hydrogens is 278 g/mol. The van der Waals surface area contributed by atoms with Crippen LogP contribution in [0.3, 0.4) is 0 Å². The van der Waals surface area contributed by atoms with Gasteiger partial charge in [0.25, 0.3) is 0 Å². The van der Waals surface area contributed by atoms with Gasteiger partial charge in [0, 0.05) is 21.6 Å². The van der Waals surface area contributed by atoms with E-state index >= 15 is 0 Å². The van der Waals surface area contributed by atoms with Gasteiger partial charge in [-0.1, -0.05) is 40.9 Å². The molecule has 3 heteroatoms. The number of aromatic nitrogens is 1. The summed E-state index contributed by atoms with van der Waals surface area (Å²) in [5.74, 6) is 0.715. The van der Waals surface area contributed by atoms with Crippen molar-refractivity contribution >= 4 is 26.8 Å². The van der Waals surface area contributed by atoms with E-state index in [0.717, 1.165) is 27.4 Å². The van der Waals surface area contributed by atoms with Crippen molar-refractivity contribution in [1.29, 1.82) is 0 Å². The molecule has 1 unspecified atom stereocenters. The van der Waals surface area contributed by atoms with E-state index in [-0.39, 0.29) is 6.10 Å².